The SMILES string of the molecule is CCN1/C(=C2/SC(=S)N(CCc3ccccc3)C2=O)Sc2ccc(OC)cc21. The van der Waals surface area contributed by atoms with Crippen LogP contribution in [0.3, 0.4) is 0 Å². The fraction of sp³-hybridized carbons (Fsp3) is 0.238. The Balaban J connectivity index is 1.59. The van der Waals surface area contributed by atoms with Crippen LogP contribution in [0.15, 0.2) is 63.4 Å². The normalized spacial score (nSPS) is 18.8. The van der Waals surface area contributed by atoms with E-state index in [1.165, 1.54) is 17.3 Å². The minimum absolute atomic E-state index is 0.00616. The molecular weight excluding hydrogens is 408 g/mol. The molecule has 0 aromatic heterocycles. The maximum Gasteiger partial charge on any atom is 0.268 e. The molecule has 0 aliphatic carbocycles. The summed E-state index contributed by atoms with van der Waals surface area (Å²) < 4.78 is 6.00. The highest BCUT2D eigenvalue weighted by molar-refractivity contribution is 8.27. The van der Waals surface area contributed by atoms with Gasteiger partial charge in [0.15, 0.2) is 0 Å². The van der Waals surface area contributed by atoms with Gasteiger partial charge in [0.2, 0.25) is 0 Å². The summed E-state index contributed by atoms with van der Waals surface area (Å²) in [5, 5.41) is 0.963. The molecule has 0 atom stereocenters. The molecule has 0 radical (unpaired) electrons. The van der Waals surface area contributed by atoms with E-state index in [2.05, 4.69) is 24.0 Å². The van der Waals surface area contributed by atoms with Crippen molar-refractivity contribution >= 4 is 51.7 Å². The van der Waals surface area contributed by atoms with Crippen LogP contribution in [0.4, 0.5) is 5.69 Å². The Morgan fingerprint density at radius 3 is 2.57 bits per heavy atom. The molecule has 7 heteroatoms. The zero-order valence-corrected chi connectivity index (χ0v) is 18.1. The largest absolute Gasteiger partial charge is 0.497 e. The van der Waals surface area contributed by atoms with Crippen molar-refractivity contribution in [3.8, 4) is 5.75 Å². The summed E-state index contributed by atoms with van der Waals surface area (Å²) in [6, 6.07) is 16.2. The van der Waals surface area contributed by atoms with Crippen LogP contribution >= 0.6 is 35.7 Å². The van der Waals surface area contributed by atoms with Crippen molar-refractivity contribution in [2.75, 3.05) is 25.1 Å². The number of ether oxygens (including phenoxy) is 1. The summed E-state index contributed by atoms with van der Waals surface area (Å²) in [6.45, 7) is 3.46. The zero-order chi connectivity index (χ0) is 19.7. The maximum atomic E-state index is 13.2. The second kappa shape index (κ2) is 8.19. The summed E-state index contributed by atoms with van der Waals surface area (Å²) >= 11 is 8.57. The summed E-state index contributed by atoms with van der Waals surface area (Å²) in [5.41, 5.74) is 2.28. The molecule has 0 saturated carbocycles. The summed E-state index contributed by atoms with van der Waals surface area (Å²) in [7, 11) is 1.67. The number of amides is 1. The van der Waals surface area contributed by atoms with E-state index in [1.807, 2.05) is 36.4 Å². The number of carbonyl (C=O) groups excluding carboxylic acids is 1. The Labute approximate surface area is 178 Å². The fourth-order valence-electron chi connectivity index (χ4n) is 3.28. The lowest BCUT2D eigenvalue weighted by Crippen LogP contribution is -2.31. The van der Waals surface area contributed by atoms with Crippen molar-refractivity contribution in [1.82, 2.24) is 4.90 Å². The van der Waals surface area contributed by atoms with Gasteiger partial charge in [0.25, 0.3) is 5.91 Å². The van der Waals surface area contributed by atoms with Crippen LogP contribution < -0.4 is 9.64 Å². The summed E-state index contributed by atoms with van der Waals surface area (Å²) in [4.78, 5) is 18.9. The lowest BCUT2D eigenvalue weighted by atomic mass is 10.1. The van der Waals surface area contributed by atoms with Crippen LogP contribution in [-0.4, -0.2) is 35.3 Å². The van der Waals surface area contributed by atoms with Gasteiger partial charge in [-0.25, -0.2) is 0 Å². The number of hydrogen-bond acceptors (Lipinski definition) is 6. The predicted octanol–water partition coefficient (Wildman–Crippen LogP) is 4.90. The van der Waals surface area contributed by atoms with E-state index in [0.29, 0.717) is 10.9 Å². The molecule has 28 heavy (non-hydrogen) atoms. The number of thioether (sulfide) groups is 2. The number of thiocarbonyl (C=S) groups is 1. The van der Waals surface area contributed by atoms with Crippen molar-refractivity contribution in [2.45, 2.75) is 18.2 Å². The molecular formula is C21H20N2O2S3. The van der Waals surface area contributed by atoms with Crippen molar-refractivity contribution in [1.29, 1.82) is 0 Å². The second-order valence-corrected chi connectivity index (χ2v) is 9.05. The van der Waals surface area contributed by atoms with E-state index < -0.39 is 0 Å². The highest BCUT2D eigenvalue weighted by Gasteiger charge is 2.38. The molecule has 2 aromatic rings. The Hall–Kier alpha value is -1.96. The molecule has 2 aromatic carbocycles. The van der Waals surface area contributed by atoms with Crippen molar-refractivity contribution in [3.05, 3.63) is 64.0 Å². The molecule has 2 aliphatic heterocycles. The lowest BCUT2D eigenvalue weighted by molar-refractivity contribution is -0.122. The van der Waals surface area contributed by atoms with Crippen molar-refractivity contribution < 1.29 is 9.53 Å². The third-order valence-corrected chi connectivity index (χ3v) is 7.48. The maximum absolute atomic E-state index is 13.2. The first-order chi connectivity index (χ1) is 13.6. The van der Waals surface area contributed by atoms with E-state index in [0.717, 1.165) is 39.2 Å². The molecule has 0 bridgehead atoms. The molecule has 1 saturated heterocycles. The summed E-state index contributed by atoms with van der Waals surface area (Å²) in [6.07, 6.45) is 0.790. The van der Waals surface area contributed by atoms with Gasteiger partial charge >= 0.3 is 0 Å². The molecule has 4 nitrogen and oxygen atoms in total. The Kier molecular flexibility index (Phi) is 5.66. The average Bonchev–Trinajstić information content (AvgIpc) is 3.23. The Morgan fingerprint density at radius 2 is 1.86 bits per heavy atom. The number of carbonyl (C=O) groups is 1. The highest BCUT2D eigenvalue weighted by Crippen LogP contribution is 2.51. The lowest BCUT2D eigenvalue weighted by Gasteiger charge is -2.19. The third kappa shape index (κ3) is 3.54. The van der Waals surface area contributed by atoms with E-state index in [1.54, 1.807) is 23.8 Å². The van der Waals surface area contributed by atoms with Crippen LogP contribution in [0.2, 0.25) is 0 Å². The number of nitrogens with zero attached hydrogens (tertiary/aromatic N) is 2. The van der Waals surface area contributed by atoms with Gasteiger partial charge in [0.05, 0.1) is 12.8 Å². The Morgan fingerprint density at radius 1 is 1.07 bits per heavy atom. The van der Waals surface area contributed by atoms with E-state index in [-0.39, 0.29) is 5.91 Å². The molecule has 1 amide bonds. The first-order valence-electron chi connectivity index (χ1n) is 9.07. The van der Waals surface area contributed by atoms with Gasteiger partial charge in [-0.2, -0.15) is 0 Å². The molecule has 0 spiro atoms. The number of rotatable bonds is 5. The van der Waals surface area contributed by atoms with Gasteiger partial charge in [-0.3, -0.25) is 9.69 Å². The quantitative estimate of drug-likeness (QED) is 0.498. The first-order valence-corrected chi connectivity index (χ1v) is 11.1. The smallest absolute Gasteiger partial charge is 0.268 e. The monoisotopic (exact) mass is 428 g/mol. The first kappa shape index (κ1) is 19.4. The van der Waals surface area contributed by atoms with Gasteiger partial charge < -0.3 is 9.64 Å². The van der Waals surface area contributed by atoms with Crippen molar-refractivity contribution in [3.63, 3.8) is 0 Å². The molecule has 0 unspecified atom stereocenters. The standard InChI is InChI=1S/C21H20N2O2S3/c1-3-22-16-13-15(25-2)9-10-17(16)27-20(22)18-19(24)23(21(26)28-18)12-11-14-7-5-4-6-8-14/h4-10,13H,3,11-12H2,1-2H3/b20-18-. The minimum atomic E-state index is 0.00616. The zero-order valence-electron chi connectivity index (χ0n) is 15.7. The topological polar surface area (TPSA) is 32.8 Å². The van der Waals surface area contributed by atoms with Crippen LogP contribution in [0.5, 0.6) is 5.75 Å². The van der Waals surface area contributed by atoms with Crippen LogP contribution in [-0.2, 0) is 11.2 Å². The highest BCUT2D eigenvalue weighted by atomic mass is 32.2. The van der Waals surface area contributed by atoms with Crippen molar-refractivity contribution in [2.24, 2.45) is 0 Å². The molecule has 2 heterocycles. The average molecular weight is 429 g/mol. The van der Waals surface area contributed by atoms with Gasteiger partial charge in [-0.15, -0.1) is 0 Å². The van der Waals surface area contributed by atoms with Gasteiger partial charge in [0.1, 0.15) is 20.0 Å². The molecule has 4 rings (SSSR count). The number of anilines is 1. The van der Waals surface area contributed by atoms with E-state index in [4.69, 9.17) is 17.0 Å². The number of hydrogen-bond donors (Lipinski definition) is 0. The van der Waals surface area contributed by atoms with E-state index >= 15 is 0 Å². The van der Waals surface area contributed by atoms with Crippen LogP contribution in [0.25, 0.3) is 0 Å². The number of methoxy groups -OCH3 is 1. The fourth-order valence-corrected chi connectivity index (χ4v) is 5.94. The van der Waals surface area contributed by atoms with E-state index in [9.17, 15) is 4.79 Å². The van der Waals surface area contributed by atoms with Gasteiger partial charge in [-0.1, -0.05) is 66.1 Å². The molecule has 1 fully saturated rings. The van der Waals surface area contributed by atoms with Crippen LogP contribution in [0.1, 0.15) is 12.5 Å². The minimum Gasteiger partial charge on any atom is -0.497 e. The predicted molar refractivity (Wildman–Crippen MR) is 121 cm³/mol. The number of benzene rings is 2. The Bertz CT molecular complexity index is 959. The molecule has 0 N–H and O–H groups in total. The summed E-state index contributed by atoms with van der Waals surface area (Å²) in [5.74, 6) is 0.820. The van der Waals surface area contributed by atoms with Crippen LogP contribution in [0, 0.1) is 0 Å². The third-order valence-electron chi connectivity index (χ3n) is 4.74. The molecule has 2 aliphatic rings. The van der Waals surface area contributed by atoms with Gasteiger partial charge in [-0.05, 0) is 31.0 Å². The number of fused-ring (bicyclic) bond motifs is 1. The molecule has 144 valence electrons. The van der Waals surface area contributed by atoms with Gasteiger partial charge in [0, 0.05) is 24.1 Å². The second-order valence-electron chi connectivity index (χ2n) is 6.37.